The van der Waals surface area contributed by atoms with Crippen LogP contribution in [0.4, 0.5) is 0 Å². The van der Waals surface area contributed by atoms with Crippen LogP contribution in [0.2, 0.25) is 0 Å². The number of fused-ring (bicyclic) bond motifs is 1. The smallest absolute Gasteiger partial charge is 0.290 e. The Bertz CT molecular complexity index is 1300. The Morgan fingerprint density at radius 1 is 1.06 bits per heavy atom. The number of carbonyl (C=O) groups excluding carboxylic acids is 1. The van der Waals surface area contributed by atoms with Gasteiger partial charge in [-0.25, -0.2) is 4.98 Å². The first-order valence-corrected chi connectivity index (χ1v) is 11.6. The van der Waals surface area contributed by atoms with E-state index in [9.17, 15) is 4.79 Å². The molecule has 168 valence electrons. The number of nitrogens with one attached hydrogen (secondary N) is 1. The van der Waals surface area contributed by atoms with Crippen LogP contribution < -0.4 is 4.74 Å². The van der Waals surface area contributed by atoms with E-state index in [0.29, 0.717) is 42.0 Å². The molecule has 4 aromatic rings. The number of amides is 1. The molecule has 0 radical (unpaired) electrons. The van der Waals surface area contributed by atoms with Crippen LogP contribution in [0, 0.1) is 0 Å². The topological polar surface area (TPSA) is 84.2 Å². The molecule has 1 aliphatic heterocycles. The van der Waals surface area contributed by atoms with Crippen molar-refractivity contribution >= 4 is 16.9 Å². The number of aromatic nitrogens is 3. The largest absolute Gasteiger partial charge is 0.497 e. The average molecular weight is 443 g/mol. The van der Waals surface area contributed by atoms with Crippen LogP contribution in [0.5, 0.6) is 5.75 Å². The zero-order valence-corrected chi connectivity index (χ0v) is 18.6. The number of hydrogen-bond acceptors (Lipinski definition) is 5. The van der Waals surface area contributed by atoms with E-state index in [0.717, 1.165) is 41.0 Å². The summed E-state index contributed by atoms with van der Waals surface area (Å²) in [6, 6.07) is 15.7. The molecule has 1 aliphatic carbocycles. The van der Waals surface area contributed by atoms with Crippen LogP contribution in [0.15, 0.2) is 52.9 Å². The van der Waals surface area contributed by atoms with Crippen molar-refractivity contribution in [2.24, 2.45) is 0 Å². The maximum Gasteiger partial charge on any atom is 0.290 e. The Hall–Kier alpha value is -3.61. The van der Waals surface area contributed by atoms with Gasteiger partial charge >= 0.3 is 0 Å². The normalized spacial score (nSPS) is 16.9. The van der Waals surface area contributed by atoms with Gasteiger partial charge in [-0.05, 0) is 43.4 Å². The van der Waals surface area contributed by atoms with Gasteiger partial charge in [0.15, 0.2) is 5.82 Å². The van der Waals surface area contributed by atoms with E-state index in [2.05, 4.69) is 10.2 Å². The van der Waals surface area contributed by atoms with Crippen LogP contribution in [0.25, 0.3) is 22.1 Å². The molecule has 6 rings (SSSR count). The summed E-state index contributed by atoms with van der Waals surface area (Å²) in [6.07, 6.45) is 4.11. The molecular weight excluding hydrogens is 416 g/mol. The monoisotopic (exact) mass is 442 g/mol. The van der Waals surface area contributed by atoms with Crippen molar-refractivity contribution < 1.29 is 13.9 Å². The first-order valence-electron chi connectivity index (χ1n) is 11.6. The quantitative estimate of drug-likeness (QED) is 0.464. The number of nitrogens with zero attached hydrogens (tertiary/aromatic N) is 3. The van der Waals surface area contributed by atoms with Gasteiger partial charge in [0, 0.05) is 41.9 Å². The highest BCUT2D eigenvalue weighted by molar-refractivity contribution is 6.08. The number of furan rings is 1. The minimum absolute atomic E-state index is 0.0706. The van der Waals surface area contributed by atoms with E-state index in [1.54, 1.807) is 7.11 Å². The second-order valence-corrected chi connectivity index (χ2v) is 8.95. The van der Waals surface area contributed by atoms with E-state index in [1.165, 1.54) is 12.8 Å². The molecule has 0 spiro atoms. The highest BCUT2D eigenvalue weighted by Gasteiger charge is 2.32. The lowest BCUT2D eigenvalue weighted by atomic mass is 9.95. The summed E-state index contributed by atoms with van der Waals surface area (Å²) < 4.78 is 11.5. The van der Waals surface area contributed by atoms with Crippen LogP contribution in [0.3, 0.4) is 0 Å². The second-order valence-electron chi connectivity index (χ2n) is 8.95. The Balaban J connectivity index is 1.27. The number of methoxy groups -OCH3 is 1. The predicted octanol–water partition coefficient (Wildman–Crippen LogP) is 5.12. The van der Waals surface area contributed by atoms with Crippen LogP contribution in [0.1, 0.15) is 59.7 Å². The van der Waals surface area contributed by atoms with Crippen molar-refractivity contribution in [3.05, 3.63) is 65.9 Å². The molecule has 33 heavy (non-hydrogen) atoms. The van der Waals surface area contributed by atoms with Crippen molar-refractivity contribution in [1.82, 2.24) is 20.1 Å². The molecule has 2 aromatic heterocycles. The summed E-state index contributed by atoms with van der Waals surface area (Å²) in [4.78, 5) is 20.2. The number of benzene rings is 2. The van der Waals surface area contributed by atoms with Crippen LogP contribution in [-0.2, 0) is 0 Å². The summed E-state index contributed by atoms with van der Waals surface area (Å²) in [5.41, 5.74) is 2.46. The Kier molecular flexibility index (Phi) is 4.89. The first-order chi connectivity index (χ1) is 16.2. The Labute approximate surface area is 191 Å². The zero-order chi connectivity index (χ0) is 22.4. The Morgan fingerprint density at radius 2 is 1.85 bits per heavy atom. The van der Waals surface area contributed by atoms with Gasteiger partial charge in [0.2, 0.25) is 5.76 Å². The Morgan fingerprint density at radius 3 is 2.58 bits per heavy atom. The summed E-state index contributed by atoms with van der Waals surface area (Å²) >= 11 is 0. The van der Waals surface area contributed by atoms with E-state index in [-0.39, 0.29) is 5.91 Å². The lowest BCUT2D eigenvalue weighted by molar-refractivity contribution is 0.0682. The van der Waals surface area contributed by atoms with Crippen molar-refractivity contribution in [3.63, 3.8) is 0 Å². The van der Waals surface area contributed by atoms with Gasteiger partial charge in [0.25, 0.3) is 5.91 Å². The maximum atomic E-state index is 13.6. The average Bonchev–Trinajstić information content (AvgIpc) is 3.47. The fraction of sp³-hybridized carbons (Fsp3) is 0.346. The second kappa shape index (κ2) is 8.06. The van der Waals surface area contributed by atoms with Crippen molar-refractivity contribution in [2.75, 3.05) is 20.2 Å². The predicted molar refractivity (Wildman–Crippen MR) is 124 cm³/mol. The summed E-state index contributed by atoms with van der Waals surface area (Å²) in [7, 11) is 1.63. The fourth-order valence-corrected chi connectivity index (χ4v) is 4.74. The van der Waals surface area contributed by atoms with E-state index in [1.807, 2.05) is 53.4 Å². The minimum atomic E-state index is -0.0706. The number of H-pyrrole nitrogens is 1. The highest BCUT2D eigenvalue weighted by Crippen LogP contribution is 2.40. The third-order valence-corrected chi connectivity index (χ3v) is 6.79. The molecule has 1 saturated carbocycles. The molecular formula is C26H26N4O3. The molecule has 3 heterocycles. The van der Waals surface area contributed by atoms with Gasteiger partial charge < -0.3 is 14.1 Å². The van der Waals surface area contributed by atoms with Gasteiger partial charge in [0.1, 0.15) is 17.2 Å². The zero-order valence-electron chi connectivity index (χ0n) is 18.6. The summed E-state index contributed by atoms with van der Waals surface area (Å²) in [6.45, 7) is 1.33. The van der Waals surface area contributed by atoms with Crippen LogP contribution in [-0.4, -0.2) is 46.2 Å². The molecule has 7 nitrogen and oxygen atoms in total. The molecule has 1 N–H and O–H groups in total. The van der Waals surface area contributed by atoms with Gasteiger partial charge in [0.05, 0.1) is 7.11 Å². The highest BCUT2D eigenvalue weighted by atomic mass is 16.5. The summed E-state index contributed by atoms with van der Waals surface area (Å²) in [5.74, 6) is 3.78. The number of hydrogen-bond donors (Lipinski definition) is 1. The molecule has 2 fully saturated rings. The minimum Gasteiger partial charge on any atom is -0.497 e. The third-order valence-electron chi connectivity index (χ3n) is 6.79. The molecule has 0 atom stereocenters. The number of piperidine rings is 1. The fourth-order valence-electron chi connectivity index (χ4n) is 4.74. The number of likely N-dealkylation sites (tertiary alicyclic amines) is 1. The lowest BCUT2D eigenvalue weighted by Gasteiger charge is -2.30. The molecule has 2 aromatic carbocycles. The van der Waals surface area contributed by atoms with Crippen molar-refractivity contribution in [3.8, 4) is 16.9 Å². The molecule has 2 aliphatic rings. The van der Waals surface area contributed by atoms with Gasteiger partial charge in [-0.15, -0.1) is 0 Å². The number of rotatable bonds is 5. The van der Waals surface area contributed by atoms with E-state index < -0.39 is 0 Å². The van der Waals surface area contributed by atoms with E-state index in [4.69, 9.17) is 14.1 Å². The molecule has 0 unspecified atom stereocenters. The van der Waals surface area contributed by atoms with Gasteiger partial charge in [-0.3, -0.25) is 9.89 Å². The molecule has 1 amide bonds. The molecule has 1 saturated heterocycles. The first kappa shape index (κ1) is 20.0. The molecule has 0 bridgehead atoms. The summed E-state index contributed by atoms with van der Waals surface area (Å²) in [5, 5.41) is 8.45. The van der Waals surface area contributed by atoms with Gasteiger partial charge in [-0.2, -0.15) is 5.10 Å². The maximum absolute atomic E-state index is 13.6. The van der Waals surface area contributed by atoms with Gasteiger partial charge in [-0.1, -0.05) is 30.3 Å². The lowest BCUT2D eigenvalue weighted by Crippen LogP contribution is -2.38. The van der Waals surface area contributed by atoms with Crippen LogP contribution >= 0.6 is 0 Å². The number of aromatic amines is 1. The standard InChI is InChI=1S/C26H26N4O3/c1-32-19-9-10-20-21(15-19)33-23(22(20)16-5-3-2-4-6-16)26(31)30-13-11-18(12-14-30)25-27-24(28-29-25)17-7-8-17/h2-6,9-10,15,17-18H,7-8,11-14H2,1H3,(H,27,28,29). The van der Waals surface area contributed by atoms with Crippen molar-refractivity contribution in [1.29, 1.82) is 0 Å². The number of carbonyl (C=O) groups is 1. The SMILES string of the molecule is COc1ccc2c(-c3ccccc3)c(C(=O)N3CCC(c4nc(C5CC5)n[nH]4)CC3)oc2c1. The van der Waals surface area contributed by atoms with E-state index >= 15 is 0 Å². The third kappa shape index (κ3) is 3.67. The van der Waals surface area contributed by atoms with Crippen molar-refractivity contribution in [2.45, 2.75) is 37.5 Å². The molecule has 7 heteroatoms. The number of ether oxygens (including phenoxy) is 1.